The monoisotopic (exact) mass is 291 g/mol. The SMILES string of the molecule is N#C/C(=C/c1ccc([N+](=O)[O-])cc1)n1nnc2ccccc21. The molecular weight excluding hydrogens is 282 g/mol. The molecule has 0 aliphatic carbocycles. The highest BCUT2D eigenvalue weighted by Crippen LogP contribution is 2.18. The van der Waals surface area contributed by atoms with Gasteiger partial charge in [-0.15, -0.1) is 5.10 Å². The maximum absolute atomic E-state index is 10.6. The molecule has 0 saturated heterocycles. The van der Waals surface area contributed by atoms with Gasteiger partial charge in [-0.05, 0) is 35.9 Å². The third-order valence-electron chi connectivity index (χ3n) is 3.10. The zero-order chi connectivity index (χ0) is 15.5. The largest absolute Gasteiger partial charge is 0.269 e. The fourth-order valence-electron chi connectivity index (χ4n) is 2.04. The fourth-order valence-corrected chi connectivity index (χ4v) is 2.04. The van der Waals surface area contributed by atoms with Crippen molar-refractivity contribution >= 4 is 28.5 Å². The Balaban J connectivity index is 2.04. The van der Waals surface area contributed by atoms with Gasteiger partial charge in [0.2, 0.25) is 0 Å². The number of fused-ring (bicyclic) bond motifs is 1. The summed E-state index contributed by atoms with van der Waals surface area (Å²) in [6.45, 7) is 0. The van der Waals surface area contributed by atoms with Crippen molar-refractivity contribution in [1.82, 2.24) is 15.0 Å². The summed E-state index contributed by atoms with van der Waals surface area (Å²) in [6, 6.07) is 15.3. The topological polar surface area (TPSA) is 97.6 Å². The molecule has 3 aromatic rings. The van der Waals surface area contributed by atoms with Crippen LogP contribution in [-0.2, 0) is 0 Å². The normalized spacial score (nSPS) is 11.3. The first-order chi connectivity index (χ1) is 10.7. The number of hydrogen-bond acceptors (Lipinski definition) is 5. The van der Waals surface area contributed by atoms with Gasteiger partial charge in [-0.2, -0.15) is 5.26 Å². The molecule has 1 heterocycles. The van der Waals surface area contributed by atoms with E-state index in [1.165, 1.54) is 16.8 Å². The number of nitriles is 1. The van der Waals surface area contributed by atoms with Crippen molar-refractivity contribution in [3.8, 4) is 6.07 Å². The summed E-state index contributed by atoms with van der Waals surface area (Å²) >= 11 is 0. The Morgan fingerprint density at radius 2 is 1.95 bits per heavy atom. The van der Waals surface area contributed by atoms with Crippen LogP contribution in [0, 0.1) is 21.4 Å². The predicted molar refractivity (Wildman–Crippen MR) is 80.4 cm³/mol. The molecular formula is C15H9N5O2. The van der Waals surface area contributed by atoms with Crippen LogP contribution in [0.1, 0.15) is 5.56 Å². The molecule has 2 aromatic carbocycles. The summed E-state index contributed by atoms with van der Waals surface area (Å²) in [5, 5.41) is 28.0. The zero-order valence-electron chi connectivity index (χ0n) is 11.2. The number of aromatic nitrogens is 3. The molecule has 0 saturated carbocycles. The molecule has 0 atom stereocenters. The first kappa shape index (κ1) is 13.5. The Labute approximate surface area is 124 Å². The van der Waals surface area contributed by atoms with Crippen LogP contribution in [-0.4, -0.2) is 19.9 Å². The average Bonchev–Trinajstić information content (AvgIpc) is 2.97. The number of benzene rings is 2. The molecule has 0 bridgehead atoms. The molecule has 0 aliphatic heterocycles. The summed E-state index contributed by atoms with van der Waals surface area (Å²) in [6.07, 6.45) is 1.60. The number of allylic oxidation sites excluding steroid dienone is 1. The minimum Gasteiger partial charge on any atom is -0.258 e. The van der Waals surface area contributed by atoms with E-state index in [1.54, 1.807) is 24.3 Å². The zero-order valence-corrected chi connectivity index (χ0v) is 11.2. The average molecular weight is 291 g/mol. The number of nitro benzene ring substituents is 1. The number of rotatable bonds is 3. The van der Waals surface area contributed by atoms with Crippen molar-refractivity contribution in [3.05, 3.63) is 64.2 Å². The third kappa shape index (κ3) is 2.41. The van der Waals surface area contributed by atoms with E-state index in [9.17, 15) is 15.4 Å². The van der Waals surface area contributed by atoms with Gasteiger partial charge in [0.05, 0.1) is 10.4 Å². The Bertz CT molecular complexity index is 919. The van der Waals surface area contributed by atoms with Crippen LogP contribution in [0.4, 0.5) is 5.69 Å². The summed E-state index contributed by atoms with van der Waals surface area (Å²) < 4.78 is 1.44. The van der Waals surface area contributed by atoms with Gasteiger partial charge in [0.1, 0.15) is 17.3 Å². The van der Waals surface area contributed by atoms with Gasteiger partial charge in [-0.25, -0.2) is 4.68 Å². The Morgan fingerprint density at radius 3 is 2.64 bits per heavy atom. The van der Waals surface area contributed by atoms with Crippen LogP contribution >= 0.6 is 0 Å². The standard InChI is InChI=1S/C15H9N5O2/c16-10-13(9-11-5-7-12(8-6-11)20(21)22)19-15-4-2-1-3-14(15)17-18-19/h1-9H/b13-9-. The van der Waals surface area contributed by atoms with E-state index in [1.807, 2.05) is 18.2 Å². The van der Waals surface area contributed by atoms with E-state index in [2.05, 4.69) is 16.4 Å². The lowest BCUT2D eigenvalue weighted by Crippen LogP contribution is -1.97. The molecule has 0 fully saturated rings. The second-order valence-electron chi connectivity index (χ2n) is 4.48. The van der Waals surface area contributed by atoms with Crippen molar-refractivity contribution in [3.63, 3.8) is 0 Å². The van der Waals surface area contributed by atoms with E-state index in [4.69, 9.17) is 0 Å². The first-order valence-electron chi connectivity index (χ1n) is 6.36. The quantitative estimate of drug-likeness (QED) is 0.420. The van der Waals surface area contributed by atoms with E-state index >= 15 is 0 Å². The highest BCUT2D eigenvalue weighted by atomic mass is 16.6. The number of nitrogens with zero attached hydrogens (tertiary/aromatic N) is 5. The molecule has 0 radical (unpaired) electrons. The number of para-hydroxylation sites is 1. The molecule has 7 heteroatoms. The molecule has 0 N–H and O–H groups in total. The van der Waals surface area contributed by atoms with E-state index < -0.39 is 4.92 Å². The summed E-state index contributed by atoms with van der Waals surface area (Å²) in [7, 11) is 0. The molecule has 22 heavy (non-hydrogen) atoms. The van der Waals surface area contributed by atoms with Crippen molar-refractivity contribution in [2.24, 2.45) is 0 Å². The molecule has 0 amide bonds. The summed E-state index contributed by atoms with van der Waals surface area (Å²) in [4.78, 5) is 10.2. The van der Waals surface area contributed by atoms with Crippen LogP contribution in [0.15, 0.2) is 48.5 Å². The summed E-state index contributed by atoms with van der Waals surface area (Å²) in [5.41, 5.74) is 2.36. The molecule has 0 unspecified atom stereocenters. The number of nitro groups is 1. The molecule has 3 rings (SSSR count). The number of non-ortho nitro benzene ring substituents is 1. The minimum atomic E-state index is -0.469. The lowest BCUT2D eigenvalue weighted by Gasteiger charge is -2.00. The molecule has 1 aromatic heterocycles. The van der Waals surface area contributed by atoms with Crippen molar-refractivity contribution in [2.75, 3.05) is 0 Å². The van der Waals surface area contributed by atoms with Crippen LogP contribution in [0.3, 0.4) is 0 Å². The fraction of sp³-hybridized carbons (Fsp3) is 0. The second kappa shape index (κ2) is 5.46. The van der Waals surface area contributed by atoms with E-state index in [0.717, 1.165) is 5.52 Å². The molecule has 7 nitrogen and oxygen atoms in total. The van der Waals surface area contributed by atoms with Gasteiger partial charge in [-0.1, -0.05) is 17.3 Å². The van der Waals surface area contributed by atoms with Gasteiger partial charge in [0.25, 0.3) is 5.69 Å². The third-order valence-corrected chi connectivity index (χ3v) is 3.10. The van der Waals surface area contributed by atoms with Crippen molar-refractivity contribution < 1.29 is 4.92 Å². The van der Waals surface area contributed by atoms with Gasteiger partial charge >= 0.3 is 0 Å². The maximum atomic E-state index is 10.6. The van der Waals surface area contributed by atoms with Gasteiger partial charge in [0.15, 0.2) is 0 Å². The maximum Gasteiger partial charge on any atom is 0.269 e. The predicted octanol–water partition coefficient (Wildman–Crippen LogP) is 2.86. The van der Waals surface area contributed by atoms with Crippen molar-refractivity contribution in [1.29, 1.82) is 5.26 Å². The highest BCUT2D eigenvalue weighted by Gasteiger charge is 2.09. The smallest absolute Gasteiger partial charge is 0.258 e. The minimum absolute atomic E-state index is 0.00173. The highest BCUT2D eigenvalue weighted by molar-refractivity contribution is 5.86. The van der Waals surface area contributed by atoms with Crippen LogP contribution < -0.4 is 0 Å². The second-order valence-corrected chi connectivity index (χ2v) is 4.48. The van der Waals surface area contributed by atoms with Crippen LogP contribution in [0.25, 0.3) is 22.8 Å². The first-order valence-corrected chi connectivity index (χ1v) is 6.36. The van der Waals surface area contributed by atoms with Crippen LogP contribution in [0.5, 0.6) is 0 Å². The van der Waals surface area contributed by atoms with E-state index in [-0.39, 0.29) is 11.4 Å². The lowest BCUT2D eigenvalue weighted by atomic mass is 10.2. The lowest BCUT2D eigenvalue weighted by molar-refractivity contribution is -0.384. The molecule has 0 spiro atoms. The van der Waals surface area contributed by atoms with Gasteiger partial charge < -0.3 is 0 Å². The Morgan fingerprint density at radius 1 is 1.23 bits per heavy atom. The Hall–Kier alpha value is -3.53. The van der Waals surface area contributed by atoms with Crippen molar-refractivity contribution in [2.45, 2.75) is 0 Å². The number of hydrogen-bond donors (Lipinski definition) is 0. The Kier molecular flexibility index (Phi) is 3.34. The molecule has 106 valence electrons. The van der Waals surface area contributed by atoms with Gasteiger partial charge in [0, 0.05) is 12.1 Å². The van der Waals surface area contributed by atoms with Crippen LogP contribution in [0.2, 0.25) is 0 Å². The molecule has 0 aliphatic rings. The van der Waals surface area contributed by atoms with E-state index in [0.29, 0.717) is 11.1 Å². The summed E-state index contributed by atoms with van der Waals surface area (Å²) in [5.74, 6) is 0. The van der Waals surface area contributed by atoms with Gasteiger partial charge in [-0.3, -0.25) is 10.1 Å².